The molecular formula is C30H38N2O14. The van der Waals surface area contributed by atoms with Gasteiger partial charge in [0, 0.05) is 13.8 Å². The van der Waals surface area contributed by atoms with Crippen molar-refractivity contribution in [3.63, 3.8) is 0 Å². The zero-order chi connectivity index (χ0) is 33.1. The number of alkyl carbamates (subject to hydrolysis) is 2. The molecule has 2 atom stereocenters. The van der Waals surface area contributed by atoms with Crippen LogP contribution in [-0.4, -0.2) is 70.3 Å². The highest BCUT2D eigenvalue weighted by Crippen LogP contribution is 2.08. The quantitative estimate of drug-likeness (QED) is 0.173. The number of amides is 2. The second-order valence-corrected chi connectivity index (χ2v) is 8.54. The predicted molar refractivity (Wildman–Crippen MR) is 159 cm³/mol. The molecule has 46 heavy (non-hydrogen) atoms. The number of benzene rings is 2. The molecule has 0 saturated carbocycles. The number of carbonyl (C=O) groups excluding carboxylic acids is 6. The van der Waals surface area contributed by atoms with E-state index in [1.807, 2.05) is 23.5 Å². The Bertz CT molecular complexity index is 1300. The van der Waals surface area contributed by atoms with E-state index < -0.39 is 66.5 Å². The van der Waals surface area contributed by atoms with Crippen molar-refractivity contribution in [2.75, 3.05) is 0 Å². The molecule has 0 aliphatic carbocycles. The molecule has 16 nitrogen and oxygen atoms in total. The first-order valence-electron chi connectivity index (χ1n) is 12.6. The average molecular weight is 651 g/mol. The number of rotatable bonds is 9. The van der Waals surface area contributed by atoms with Crippen molar-refractivity contribution < 1.29 is 67.5 Å². The van der Waals surface area contributed by atoms with Crippen LogP contribution in [-0.2, 0) is 60.9 Å². The van der Waals surface area contributed by atoms with Gasteiger partial charge >= 0.3 is 48.0 Å². The number of carboxylic acids is 2. The SMILES string of the molecule is C.C.CC(=O)OC(C)=O.O=C(O)C[C@H](NC(=O)OCc1ccccc1)C(=O)O.O=C1CC(NC(=O)OCc2ccccc2)C(=O)O1. The number of esters is 4. The summed E-state index contributed by atoms with van der Waals surface area (Å²) in [5.41, 5.74) is 1.57. The standard InChI is InChI=1S/C12H13NO6.C12H11NO5.C4H6O3.2CH4/c14-10(15)6-9(11(16)17)13-12(18)19-7-8-4-2-1-3-5-8;14-10-6-9(11(15)18-10)13-12(16)17-7-8-4-2-1-3-5-8;1-3(5)7-4(2)6;;/h1-5,9H,6-7H2,(H,13,18)(H,14,15)(H,16,17);1-5,9H,6-7H2,(H,13,16);1-2H3;2*1H4/t9-;;;;/m0..../s1. The van der Waals surface area contributed by atoms with Gasteiger partial charge in [0.1, 0.15) is 25.3 Å². The molecule has 0 bridgehead atoms. The number of ether oxygens (including phenoxy) is 4. The molecule has 1 saturated heterocycles. The highest BCUT2D eigenvalue weighted by Gasteiger charge is 2.34. The van der Waals surface area contributed by atoms with Crippen LogP contribution in [0.25, 0.3) is 0 Å². The van der Waals surface area contributed by atoms with Crippen LogP contribution in [0.2, 0.25) is 0 Å². The van der Waals surface area contributed by atoms with Crippen LogP contribution in [0.1, 0.15) is 52.7 Å². The lowest BCUT2D eigenvalue weighted by Gasteiger charge is -2.12. The summed E-state index contributed by atoms with van der Waals surface area (Å²) in [6.07, 6.45) is -2.59. The minimum absolute atomic E-state index is 0. The van der Waals surface area contributed by atoms with Crippen molar-refractivity contribution in [3.8, 4) is 0 Å². The minimum Gasteiger partial charge on any atom is -0.481 e. The summed E-state index contributed by atoms with van der Waals surface area (Å²) in [7, 11) is 0. The second-order valence-electron chi connectivity index (χ2n) is 8.54. The molecule has 1 unspecified atom stereocenters. The molecule has 3 rings (SSSR count). The van der Waals surface area contributed by atoms with Gasteiger partial charge in [0.2, 0.25) is 0 Å². The van der Waals surface area contributed by atoms with Crippen LogP contribution in [0.4, 0.5) is 9.59 Å². The summed E-state index contributed by atoms with van der Waals surface area (Å²) < 4.78 is 18.0. The number of carboxylic acid groups (broad SMARTS) is 2. The first-order chi connectivity index (χ1) is 20.8. The third kappa shape index (κ3) is 19.4. The van der Waals surface area contributed by atoms with E-state index in [1.54, 1.807) is 42.5 Å². The Balaban J connectivity index is 0. The highest BCUT2D eigenvalue weighted by atomic mass is 16.6. The molecule has 16 heteroatoms. The molecule has 1 fully saturated rings. The number of hydrogen-bond acceptors (Lipinski definition) is 12. The molecule has 2 aromatic carbocycles. The average Bonchev–Trinajstić information content (AvgIpc) is 3.27. The van der Waals surface area contributed by atoms with Gasteiger partial charge in [-0.25, -0.2) is 19.2 Å². The Kier molecular flexibility index (Phi) is 20.9. The highest BCUT2D eigenvalue weighted by molar-refractivity contribution is 5.98. The summed E-state index contributed by atoms with van der Waals surface area (Å²) in [4.78, 5) is 85.3. The van der Waals surface area contributed by atoms with Crippen molar-refractivity contribution in [1.29, 1.82) is 0 Å². The second kappa shape index (κ2) is 22.7. The van der Waals surface area contributed by atoms with Crippen LogP contribution < -0.4 is 10.6 Å². The van der Waals surface area contributed by atoms with Gasteiger partial charge in [0.05, 0.1) is 12.8 Å². The molecule has 0 aromatic heterocycles. The number of cyclic esters (lactones) is 2. The van der Waals surface area contributed by atoms with Crippen molar-refractivity contribution in [2.45, 2.75) is 66.8 Å². The molecule has 1 heterocycles. The largest absolute Gasteiger partial charge is 0.481 e. The van der Waals surface area contributed by atoms with Gasteiger partial charge in [-0.1, -0.05) is 75.5 Å². The number of carbonyl (C=O) groups is 8. The number of nitrogens with one attached hydrogen (secondary N) is 2. The summed E-state index contributed by atoms with van der Waals surface area (Å²) >= 11 is 0. The van der Waals surface area contributed by atoms with E-state index in [-0.39, 0.29) is 34.5 Å². The smallest absolute Gasteiger partial charge is 0.408 e. The van der Waals surface area contributed by atoms with Crippen LogP contribution >= 0.6 is 0 Å². The first-order valence-corrected chi connectivity index (χ1v) is 12.6. The monoisotopic (exact) mass is 650 g/mol. The maximum absolute atomic E-state index is 11.4. The lowest BCUT2D eigenvalue weighted by molar-refractivity contribution is -0.157. The van der Waals surface area contributed by atoms with Crippen molar-refractivity contribution >= 4 is 48.0 Å². The molecule has 0 spiro atoms. The molecule has 2 amide bonds. The van der Waals surface area contributed by atoms with Gasteiger partial charge in [0.15, 0.2) is 0 Å². The zero-order valence-corrected chi connectivity index (χ0v) is 23.6. The summed E-state index contributed by atoms with van der Waals surface area (Å²) in [5.74, 6) is -5.28. The van der Waals surface area contributed by atoms with Crippen molar-refractivity contribution in [2.24, 2.45) is 0 Å². The molecule has 4 N–H and O–H groups in total. The summed E-state index contributed by atoms with van der Waals surface area (Å²) in [6, 6.07) is 15.5. The van der Waals surface area contributed by atoms with Gasteiger partial charge in [-0.2, -0.15) is 0 Å². The van der Waals surface area contributed by atoms with Crippen molar-refractivity contribution in [3.05, 3.63) is 71.8 Å². The van der Waals surface area contributed by atoms with E-state index in [1.165, 1.54) is 13.8 Å². The minimum atomic E-state index is -1.51. The number of aliphatic carboxylic acids is 2. The van der Waals surface area contributed by atoms with Gasteiger partial charge in [-0.15, -0.1) is 0 Å². The predicted octanol–water partition coefficient (Wildman–Crippen LogP) is 2.96. The van der Waals surface area contributed by atoms with Gasteiger partial charge in [0.25, 0.3) is 0 Å². The van der Waals surface area contributed by atoms with Crippen LogP contribution in [0.5, 0.6) is 0 Å². The molecular weight excluding hydrogens is 612 g/mol. The van der Waals surface area contributed by atoms with E-state index >= 15 is 0 Å². The fourth-order valence-electron chi connectivity index (χ4n) is 2.98. The van der Waals surface area contributed by atoms with E-state index in [9.17, 15) is 38.4 Å². The zero-order valence-electron chi connectivity index (χ0n) is 23.6. The van der Waals surface area contributed by atoms with Crippen LogP contribution in [0.15, 0.2) is 60.7 Å². The van der Waals surface area contributed by atoms with E-state index in [4.69, 9.17) is 19.7 Å². The Morgan fingerprint density at radius 3 is 1.61 bits per heavy atom. The summed E-state index contributed by atoms with van der Waals surface area (Å²) in [6.45, 7) is 2.44. The Labute approximate surface area is 265 Å². The van der Waals surface area contributed by atoms with E-state index in [0.29, 0.717) is 0 Å². The Morgan fingerprint density at radius 2 is 1.26 bits per heavy atom. The molecule has 1 aliphatic heterocycles. The first kappa shape index (κ1) is 42.3. The van der Waals surface area contributed by atoms with Gasteiger partial charge in [-0.3, -0.25) is 19.2 Å². The number of hydrogen-bond donors (Lipinski definition) is 4. The maximum atomic E-state index is 11.4. The molecule has 0 radical (unpaired) electrons. The Morgan fingerprint density at radius 1 is 0.804 bits per heavy atom. The van der Waals surface area contributed by atoms with Gasteiger partial charge in [-0.05, 0) is 11.1 Å². The topological polar surface area (TPSA) is 238 Å². The van der Waals surface area contributed by atoms with Crippen LogP contribution in [0, 0.1) is 0 Å². The lowest BCUT2D eigenvalue weighted by Crippen LogP contribution is -2.42. The maximum Gasteiger partial charge on any atom is 0.408 e. The molecule has 1 aliphatic rings. The van der Waals surface area contributed by atoms with Crippen molar-refractivity contribution in [1.82, 2.24) is 10.6 Å². The van der Waals surface area contributed by atoms with E-state index in [0.717, 1.165) is 11.1 Å². The van der Waals surface area contributed by atoms with Gasteiger partial charge < -0.3 is 39.8 Å². The Hall–Kier alpha value is -5.80. The lowest BCUT2D eigenvalue weighted by atomic mass is 10.2. The summed E-state index contributed by atoms with van der Waals surface area (Å²) in [5, 5.41) is 21.5. The fraction of sp³-hybridized carbons (Fsp3) is 0.333. The normalized spacial score (nSPS) is 13.0. The van der Waals surface area contributed by atoms with E-state index in [2.05, 4.69) is 14.8 Å². The molecule has 2 aromatic rings. The van der Waals surface area contributed by atoms with Crippen LogP contribution in [0.3, 0.4) is 0 Å². The fourth-order valence-corrected chi connectivity index (χ4v) is 2.98. The third-order valence-electron chi connectivity index (χ3n) is 4.84. The molecule has 252 valence electrons. The third-order valence-corrected chi connectivity index (χ3v) is 4.84.